The average molecular weight is 255 g/mol. The van der Waals surface area contributed by atoms with E-state index in [1.165, 1.54) is 4.90 Å². The van der Waals surface area contributed by atoms with Gasteiger partial charge in [0.05, 0.1) is 19.6 Å². The summed E-state index contributed by atoms with van der Waals surface area (Å²) in [7, 11) is 0. The van der Waals surface area contributed by atoms with Crippen LogP contribution in [0, 0.1) is 0 Å². The number of rotatable bonds is 1. The average Bonchev–Trinajstić information content (AvgIpc) is 2.66. The highest BCUT2D eigenvalue weighted by Gasteiger charge is 2.56. The number of amides is 2. The lowest BCUT2D eigenvalue weighted by molar-refractivity contribution is -0.0611. The molecule has 0 aromatic rings. The molecule has 1 atom stereocenters. The van der Waals surface area contributed by atoms with Gasteiger partial charge < -0.3 is 20.1 Å². The largest absolute Gasteiger partial charge is 0.465 e. The molecular formula is C11H17N3O4. The van der Waals surface area contributed by atoms with Crippen LogP contribution in [0.4, 0.5) is 9.59 Å². The smallest absolute Gasteiger partial charge is 0.410 e. The SMILES string of the molecule is O=C(O)N1CC2(C1)CN(C1CCCNC1)C(=O)O2. The zero-order valence-electron chi connectivity index (χ0n) is 10.1. The molecular weight excluding hydrogens is 238 g/mol. The quantitative estimate of drug-likeness (QED) is 0.685. The number of hydrogen-bond acceptors (Lipinski definition) is 4. The number of nitrogens with zero attached hydrogens (tertiary/aromatic N) is 2. The van der Waals surface area contributed by atoms with E-state index in [1.54, 1.807) is 4.90 Å². The Morgan fingerprint density at radius 2 is 2.22 bits per heavy atom. The van der Waals surface area contributed by atoms with Crippen molar-refractivity contribution in [2.45, 2.75) is 24.5 Å². The fourth-order valence-electron chi connectivity index (χ4n) is 2.98. The first-order chi connectivity index (χ1) is 8.60. The van der Waals surface area contributed by atoms with Crippen LogP contribution in [0.5, 0.6) is 0 Å². The molecule has 3 aliphatic rings. The van der Waals surface area contributed by atoms with E-state index >= 15 is 0 Å². The van der Waals surface area contributed by atoms with Crippen molar-refractivity contribution >= 4 is 12.2 Å². The molecule has 18 heavy (non-hydrogen) atoms. The van der Waals surface area contributed by atoms with Crippen molar-refractivity contribution < 1.29 is 19.4 Å². The second-order valence-electron chi connectivity index (χ2n) is 5.32. The van der Waals surface area contributed by atoms with Crippen LogP contribution in [0.2, 0.25) is 0 Å². The van der Waals surface area contributed by atoms with E-state index in [-0.39, 0.29) is 12.1 Å². The van der Waals surface area contributed by atoms with E-state index in [1.807, 2.05) is 0 Å². The van der Waals surface area contributed by atoms with Gasteiger partial charge in [-0.2, -0.15) is 0 Å². The molecule has 2 N–H and O–H groups in total. The van der Waals surface area contributed by atoms with Crippen LogP contribution < -0.4 is 5.32 Å². The molecule has 3 rings (SSSR count). The minimum atomic E-state index is -0.950. The summed E-state index contributed by atoms with van der Waals surface area (Å²) in [5, 5.41) is 12.1. The van der Waals surface area contributed by atoms with Crippen molar-refractivity contribution in [1.29, 1.82) is 0 Å². The van der Waals surface area contributed by atoms with Gasteiger partial charge in [0.15, 0.2) is 5.60 Å². The first kappa shape index (κ1) is 11.6. The van der Waals surface area contributed by atoms with Crippen molar-refractivity contribution in [2.75, 3.05) is 32.7 Å². The summed E-state index contributed by atoms with van der Waals surface area (Å²) in [6.45, 7) is 2.91. The summed E-state index contributed by atoms with van der Waals surface area (Å²) < 4.78 is 5.39. The third kappa shape index (κ3) is 1.78. The Kier molecular flexibility index (Phi) is 2.58. The van der Waals surface area contributed by atoms with E-state index in [0.717, 1.165) is 25.9 Å². The van der Waals surface area contributed by atoms with Gasteiger partial charge >= 0.3 is 12.2 Å². The minimum Gasteiger partial charge on any atom is -0.465 e. The van der Waals surface area contributed by atoms with E-state index < -0.39 is 11.7 Å². The van der Waals surface area contributed by atoms with Crippen LogP contribution >= 0.6 is 0 Å². The Bertz CT molecular complexity index is 374. The Morgan fingerprint density at radius 3 is 2.83 bits per heavy atom. The maximum absolute atomic E-state index is 11.9. The zero-order valence-corrected chi connectivity index (χ0v) is 10.1. The number of ether oxygens (including phenoxy) is 1. The van der Waals surface area contributed by atoms with Crippen molar-refractivity contribution in [3.63, 3.8) is 0 Å². The topological polar surface area (TPSA) is 82.1 Å². The van der Waals surface area contributed by atoms with Crippen LogP contribution in [0.1, 0.15) is 12.8 Å². The lowest BCUT2D eigenvalue weighted by atomic mass is 9.94. The molecule has 100 valence electrons. The summed E-state index contributed by atoms with van der Waals surface area (Å²) in [6.07, 6.45) is 0.798. The van der Waals surface area contributed by atoms with Gasteiger partial charge in [-0.25, -0.2) is 9.59 Å². The molecule has 0 aromatic heterocycles. The van der Waals surface area contributed by atoms with Crippen molar-refractivity contribution in [3.8, 4) is 0 Å². The van der Waals surface area contributed by atoms with Crippen molar-refractivity contribution in [1.82, 2.24) is 15.1 Å². The first-order valence-electron chi connectivity index (χ1n) is 6.28. The number of likely N-dealkylation sites (tertiary alicyclic amines) is 1. The van der Waals surface area contributed by atoms with Gasteiger partial charge in [-0.05, 0) is 19.4 Å². The summed E-state index contributed by atoms with van der Waals surface area (Å²) >= 11 is 0. The number of piperidine rings is 1. The van der Waals surface area contributed by atoms with Crippen LogP contribution in [-0.4, -0.2) is 71.5 Å². The number of hydrogen-bond donors (Lipinski definition) is 2. The van der Waals surface area contributed by atoms with Crippen LogP contribution in [0.3, 0.4) is 0 Å². The molecule has 3 fully saturated rings. The van der Waals surface area contributed by atoms with Gasteiger partial charge in [-0.15, -0.1) is 0 Å². The summed E-state index contributed by atoms with van der Waals surface area (Å²) in [6, 6.07) is 0.185. The number of carbonyl (C=O) groups is 2. The normalized spacial score (nSPS) is 30.2. The van der Waals surface area contributed by atoms with E-state index in [2.05, 4.69) is 5.32 Å². The van der Waals surface area contributed by atoms with Gasteiger partial charge in [0.2, 0.25) is 0 Å². The fourth-order valence-corrected chi connectivity index (χ4v) is 2.98. The van der Waals surface area contributed by atoms with Crippen molar-refractivity contribution in [2.24, 2.45) is 0 Å². The van der Waals surface area contributed by atoms with E-state index in [4.69, 9.17) is 9.84 Å². The summed E-state index contributed by atoms with van der Waals surface area (Å²) in [4.78, 5) is 25.6. The van der Waals surface area contributed by atoms with Gasteiger partial charge in [-0.3, -0.25) is 4.90 Å². The molecule has 0 radical (unpaired) electrons. The highest BCUT2D eigenvalue weighted by molar-refractivity contribution is 5.73. The Morgan fingerprint density at radius 1 is 1.44 bits per heavy atom. The Labute approximate surface area is 105 Å². The van der Waals surface area contributed by atoms with Gasteiger partial charge in [0, 0.05) is 12.6 Å². The standard InChI is InChI=1S/C11H17N3O4/c15-9(16)13-5-11(6-13)7-14(10(17)18-11)8-2-1-3-12-4-8/h8,12H,1-7H2,(H,15,16). The molecule has 7 heteroatoms. The molecule has 0 aromatic carbocycles. The molecule has 0 aliphatic carbocycles. The Balaban J connectivity index is 1.62. The van der Waals surface area contributed by atoms with Crippen LogP contribution in [-0.2, 0) is 4.74 Å². The zero-order chi connectivity index (χ0) is 12.8. The predicted molar refractivity (Wildman–Crippen MR) is 61.4 cm³/mol. The highest BCUT2D eigenvalue weighted by atomic mass is 16.6. The predicted octanol–water partition coefficient (Wildman–Crippen LogP) is -0.0770. The van der Waals surface area contributed by atoms with Crippen LogP contribution in [0.15, 0.2) is 0 Å². The molecule has 3 aliphatic heterocycles. The van der Waals surface area contributed by atoms with Crippen molar-refractivity contribution in [3.05, 3.63) is 0 Å². The number of carboxylic acid groups (broad SMARTS) is 1. The first-order valence-corrected chi connectivity index (χ1v) is 6.28. The second-order valence-corrected chi connectivity index (χ2v) is 5.32. The fraction of sp³-hybridized carbons (Fsp3) is 0.818. The maximum atomic E-state index is 11.9. The molecule has 3 heterocycles. The minimum absolute atomic E-state index is 0.185. The maximum Gasteiger partial charge on any atom is 0.410 e. The molecule has 7 nitrogen and oxygen atoms in total. The molecule has 0 saturated carbocycles. The summed E-state index contributed by atoms with van der Waals surface area (Å²) in [5.74, 6) is 0. The molecule has 1 unspecified atom stereocenters. The van der Waals surface area contributed by atoms with Gasteiger partial charge in [0.25, 0.3) is 0 Å². The molecule has 3 saturated heterocycles. The Hall–Kier alpha value is -1.50. The molecule has 1 spiro atoms. The lowest BCUT2D eigenvalue weighted by Crippen LogP contribution is -2.65. The summed E-state index contributed by atoms with van der Waals surface area (Å²) in [5.41, 5.74) is -0.590. The number of nitrogens with one attached hydrogen (secondary N) is 1. The van der Waals surface area contributed by atoms with Crippen LogP contribution in [0.25, 0.3) is 0 Å². The van der Waals surface area contributed by atoms with E-state index in [0.29, 0.717) is 19.6 Å². The molecule has 0 bridgehead atoms. The van der Waals surface area contributed by atoms with Gasteiger partial charge in [-0.1, -0.05) is 0 Å². The molecule has 2 amide bonds. The third-order valence-corrected chi connectivity index (χ3v) is 3.94. The second kappa shape index (κ2) is 4.01. The lowest BCUT2D eigenvalue weighted by Gasteiger charge is -2.44. The highest BCUT2D eigenvalue weighted by Crippen LogP contribution is 2.34. The number of carbonyl (C=O) groups excluding carboxylic acids is 1. The third-order valence-electron chi connectivity index (χ3n) is 3.94. The van der Waals surface area contributed by atoms with E-state index in [9.17, 15) is 9.59 Å². The monoisotopic (exact) mass is 255 g/mol. The van der Waals surface area contributed by atoms with Gasteiger partial charge in [0.1, 0.15) is 0 Å².